The highest BCUT2D eigenvalue weighted by Gasteiger charge is 2.25. The van der Waals surface area contributed by atoms with Crippen molar-refractivity contribution in [1.82, 2.24) is 14.5 Å². The monoisotopic (exact) mass is 370 g/mol. The summed E-state index contributed by atoms with van der Waals surface area (Å²) in [5, 5.41) is 8.99. The second-order valence-electron chi connectivity index (χ2n) is 6.72. The molecule has 2 aromatic heterocycles. The second-order valence-corrected chi connectivity index (χ2v) is 6.72. The Morgan fingerprint density at radius 1 is 1.18 bits per heavy atom. The third-order valence-corrected chi connectivity index (χ3v) is 4.75. The lowest BCUT2D eigenvalue weighted by molar-refractivity contribution is 0.0709. The molecule has 1 aliphatic rings. The average Bonchev–Trinajstić information content (AvgIpc) is 3.27. The molecule has 6 nitrogen and oxygen atoms in total. The summed E-state index contributed by atoms with van der Waals surface area (Å²) in [6.45, 7) is 5.36. The number of carbonyl (C=O) groups is 1. The molecule has 0 fully saturated rings. The maximum Gasteiger partial charge on any atom is 0.257 e. The summed E-state index contributed by atoms with van der Waals surface area (Å²) in [5.41, 5.74) is 2.92. The number of nitriles is 1. The molecule has 3 aromatic rings. The minimum Gasteiger partial charge on any atom is -0.466 e. The van der Waals surface area contributed by atoms with Crippen molar-refractivity contribution in [2.45, 2.75) is 26.9 Å². The molecule has 1 aliphatic heterocycles. The van der Waals surface area contributed by atoms with Gasteiger partial charge in [0.1, 0.15) is 11.5 Å². The van der Waals surface area contributed by atoms with E-state index in [-0.39, 0.29) is 5.91 Å². The Bertz CT molecular complexity index is 1170. The number of benzene rings is 1. The van der Waals surface area contributed by atoms with Gasteiger partial charge in [-0.1, -0.05) is 12.0 Å². The van der Waals surface area contributed by atoms with Gasteiger partial charge in [0.25, 0.3) is 5.91 Å². The summed E-state index contributed by atoms with van der Waals surface area (Å²) in [7, 11) is 0. The second kappa shape index (κ2) is 7.09. The molecule has 3 heterocycles. The van der Waals surface area contributed by atoms with Crippen LogP contribution in [-0.4, -0.2) is 26.9 Å². The van der Waals surface area contributed by atoms with Gasteiger partial charge in [-0.2, -0.15) is 5.26 Å². The first-order chi connectivity index (χ1) is 13.5. The van der Waals surface area contributed by atoms with Crippen LogP contribution in [0.15, 0.2) is 40.9 Å². The molecule has 1 amide bonds. The molecule has 0 radical (unpaired) electrons. The predicted octanol–water partition coefficient (Wildman–Crippen LogP) is 3.02. The standard InChI is InChI=1S/C22H18N4O2/c1-15-10-20(16(2)28-15)22(27)25-8-9-26-19(14-25)13-24-21(26)7-6-17-4-3-5-18(11-17)12-23/h3-5,10-11,13H,8-9,14H2,1-2H3. The van der Waals surface area contributed by atoms with Gasteiger partial charge >= 0.3 is 0 Å². The molecule has 28 heavy (non-hydrogen) atoms. The van der Waals surface area contributed by atoms with Gasteiger partial charge in [-0.3, -0.25) is 4.79 Å². The van der Waals surface area contributed by atoms with Crippen LogP contribution >= 0.6 is 0 Å². The zero-order chi connectivity index (χ0) is 19.7. The topological polar surface area (TPSA) is 75.1 Å². The number of rotatable bonds is 1. The smallest absolute Gasteiger partial charge is 0.257 e. The molecule has 0 spiro atoms. The number of amides is 1. The van der Waals surface area contributed by atoms with Crippen molar-refractivity contribution >= 4 is 5.91 Å². The minimum atomic E-state index is -0.0252. The van der Waals surface area contributed by atoms with Crippen LogP contribution in [0.1, 0.15) is 44.5 Å². The van der Waals surface area contributed by atoms with Gasteiger partial charge in [0.15, 0.2) is 5.82 Å². The fourth-order valence-electron chi connectivity index (χ4n) is 3.36. The van der Waals surface area contributed by atoms with Crippen LogP contribution in [-0.2, 0) is 13.1 Å². The van der Waals surface area contributed by atoms with E-state index in [1.54, 1.807) is 24.4 Å². The fourth-order valence-corrected chi connectivity index (χ4v) is 3.36. The van der Waals surface area contributed by atoms with Crippen LogP contribution in [0.2, 0.25) is 0 Å². The van der Waals surface area contributed by atoms with Gasteiger partial charge in [0, 0.05) is 18.7 Å². The SMILES string of the molecule is Cc1cc(C(=O)N2CCn3c(cnc3C#Cc3cccc(C#N)c3)C2)c(C)o1. The third kappa shape index (κ3) is 3.28. The molecule has 0 bridgehead atoms. The zero-order valence-corrected chi connectivity index (χ0v) is 15.7. The van der Waals surface area contributed by atoms with E-state index in [1.165, 1.54) is 0 Å². The number of carbonyl (C=O) groups excluding carboxylic acids is 1. The molecule has 0 atom stereocenters. The van der Waals surface area contributed by atoms with Crippen LogP contribution in [0.4, 0.5) is 0 Å². The number of imidazole rings is 1. The lowest BCUT2D eigenvalue weighted by Gasteiger charge is -2.28. The summed E-state index contributed by atoms with van der Waals surface area (Å²) in [5.74, 6) is 8.17. The number of fused-ring (bicyclic) bond motifs is 1. The van der Waals surface area contributed by atoms with Crippen LogP contribution in [0, 0.1) is 37.0 Å². The highest BCUT2D eigenvalue weighted by Crippen LogP contribution is 2.20. The van der Waals surface area contributed by atoms with Crippen molar-refractivity contribution in [2.24, 2.45) is 0 Å². The highest BCUT2D eigenvalue weighted by atomic mass is 16.3. The van der Waals surface area contributed by atoms with Gasteiger partial charge in [-0.25, -0.2) is 4.98 Å². The first-order valence-electron chi connectivity index (χ1n) is 8.98. The van der Waals surface area contributed by atoms with Gasteiger partial charge < -0.3 is 13.9 Å². The molecule has 0 saturated heterocycles. The number of aromatic nitrogens is 2. The van der Waals surface area contributed by atoms with E-state index in [4.69, 9.17) is 9.68 Å². The van der Waals surface area contributed by atoms with E-state index in [0.29, 0.717) is 42.3 Å². The molecule has 138 valence electrons. The molecule has 0 N–H and O–H groups in total. The van der Waals surface area contributed by atoms with Crippen molar-refractivity contribution in [3.8, 4) is 17.9 Å². The largest absolute Gasteiger partial charge is 0.466 e. The maximum absolute atomic E-state index is 12.8. The van der Waals surface area contributed by atoms with E-state index in [9.17, 15) is 4.79 Å². The van der Waals surface area contributed by atoms with E-state index in [1.807, 2.05) is 35.4 Å². The molecule has 0 unspecified atom stereocenters. The van der Waals surface area contributed by atoms with Gasteiger partial charge in [-0.05, 0) is 44.0 Å². The first kappa shape index (κ1) is 17.6. The average molecular weight is 370 g/mol. The zero-order valence-electron chi connectivity index (χ0n) is 15.7. The minimum absolute atomic E-state index is 0.0252. The van der Waals surface area contributed by atoms with E-state index >= 15 is 0 Å². The molecule has 1 aromatic carbocycles. The van der Waals surface area contributed by atoms with Crippen molar-refractivity contribution in [3.05, 3.63) is 76.3 Å². The number of nitrogens with zero attached hydrogens (tertiary/aromatic N) is 4. The predicted molar refractivity (Wildman–Crippen MR) is 102 cm³/mol. The Kier molecular flexibility index (Phi) is 4.47. The number of furan rings is 1. The number of aryl methyl sites for hydroxylation is 2. The molecule has 0 aliphatic carbocycles. The van der Waals surface area contributed by atoms with Gasteiger partial charge in [0.05, 0.1) is 35.6 Å². The molecule has 6 heteroatoms. The third-order valence-electron chi connectivity index (χ3n) is 4.75. The Hall–Kier alpha value is -3.77. The van der Waals surface area contributed by atoms with E-state index in [2.05, 4.69) is 22.9 Å². The summed E-state index contributed by atoms with van der Waals surface area (Å²) in [4.78, 5) is 19.0. The quantitative estimate of drug-likeness (QED) is 0.617. The Morgan fingerprint density at radius 2 is 2.00 bits per heavy atom. The molecular weight excluding hydrogens is 352 g/mol. The first-order valence-corrected chi connectivity index (χ1v) is 8.98. The lowest BCUT2D eigenvalue weighted by Crippen LogP contribution is -2.38. The summed E-state index contributed by atoms with van der Waals surface area (Å²) < 4.78 is 7.53. The number of hydrogen-bond acceptors (Lipinski definition) is 4. The van der Waals surface area contributed by atoms with E-state index in [0.717, 1.165) is 17.0 Å². The summed E-state index contributed by atoms with van der Waals surface area (Å²) in [6.07, 6.45) is 1.77. The summed E-state index contributed by atoms with van der Waals surface area (Å²) in [6, 6.07) is 11.1. The van der Waals surface area contributed by atoms with Crippen LogP contribution in [0.3, 0.4) is 0 Å². The number of hydrogen-bond donors (Lipinski definition) is 0. The van der Waals surface area contributed by atoms with E-state index < -0.39 is 0 Å². The van der Waals surface area contributed by atoms with Crippen molar-refractivity contribution in [3.63, 3.8) is 0 Å². The van der Waals surface area contributed by atoms with Crippen LogP contribution in [0.25, 0.3) is 0 Å². The van der Waals surface area contributed by atoms with Crippen molar-refractivity contribution < 1.29 is 9.21 Å². The van der Waals surface area contributed by atoms with Crippen molar-refractivity contribution in [1.29, 1.82) is 5.26 Å². The normalized spacial score (nSPS) is 12.7. The van der Waals surface area contributed by atoms with Gasteiger partial charge in [0.2, 0.25) is 0 Å². The van der Waals surface area contributed by atoms with Crippen LogP contribution in [0.5, 0.6) is 0 Å². The fraction of sp³-hybridized carbons (Fsp3) is 0.227. The van der Waals surface area contributed by atoms with Crippen molar-refractivity contribution in [2.75, 3.05) is 6.54 Å². The lowest BCUT2D eigenvalue weighted by atomic mass is 10.1. The Labute approximate surface area is 163 Å². The van der Waals surface area contributed by atoms with Gasteiger partial charge in [-0.15, -0.1) is 0 Å². The maximum atomic E-state index is 12.8. The highest BCUT2D eigenvalue weighted by molar-refractivity contribution is 5.95. The molecule has 0 saturated carbocycles. The van der Waals surface area contributed by atoms with Crippen LogP contribution < -0.4 is 0 Å². The Balaban J connectivity index is 1.54. The molecule has 4 rings (SSSR count). The summed E-state index contributed by atoms with van der Waals surface area (Å²) >= 11 is 0. The Morgan fingerprint density at radius 3 is 2.75 bits per heavy atom. The molecular formula is C22H18N4O2.